The zero-order valence-corrected chi connectivity index (χ0v) is 10.1. The molecular weight excluding hydrogens is 220 g/mol. The highest BCUT2D eigenvalue weighted by Crippen LogP contribution is 2.30. The van der Waals surface area contributed by atoms with E-state index in [1.807, 2.05) is 0 Å². The number of carbonyl (C=O) groups excluding carboxylic acids is 1. The lowest BCUT2D eigenvalue weighted by Gasteiger charge is -2.23. The van der Waals surface area contributed by atoms with Crippen LogP contribution in [0.15, 0.2) is 0 Å². The first-order valence-corrected chi connectivity index (χ1v) is 6.78. The van der Waals surface area contributed by atoms with Gasteiger partial charge in [0.2, 0.25) is 0 Å². The van der Waals surface area contributed by atoms with Crippen LogP contribution in [0.2, 0.25) is 0 Å². The number of carbonyl (C=O) groups is 1. The summed E-state index contributed by atoms with van der Waals surface area (Å²) in [5.41, 5.74) is 0. The van der Waals surface area contributed by atoms with Crippen molar-refractivity contribution in [3.05, 3.63) is 0 Å². The van der Waals surface area contributed by atoms with E-state index in [1.54, 1.807) is 0 Å². The van der Waals surface area contributed by atoms with Gasteiger partial charge < -0.3 is 14.2 Å². The van der Waals surface area contributed by atoms with Gasteiger partial charge >= 0.3 is 5.97 Å². The average molecular weight is 240 g/mol. The van der Waals surface area contributed by atoms with E-state index in [0.29, 0.717) is 6.61 Å². The molecule has 96 valence electrons. The molecule has 3 fully saturated rings. The molecule has 0 N–H and O–H groups in total. The van der Waals surface area contributed by atoms with Gasteiger partial charge in [-0.2, -0.15) is 0 Å². The maximum atomic E-state index is 12.0. The predicted octanol–water partition coefficient (Wildman–Crippen LogP) is 1.67. The van der Waals surface area contributed by atoms with Gasteiger partial charge in [0, 0.05) is 6.61 Å². The molecule has 2 aliphatic heterocycles. The van der Waals surface area contributed by atoms with E-state index in [0.717, 1.165) is 38.7 Å². The summed E-state index contributed by atoms with van der Waals surface area (Å²) in [6, 6.07) is 0. The lowest BCUT2D eigenvalue weighted by Crippen LogP contribution is -2.34. The van der Waals surface area contributed by atoms with Gasteiger partial charge in [0.25, 0.3) is 0 Å². The van der Waals surface area contributed by atoms with Crippen LogP contribution < -0.4 is 0 Å². The standard InChI is InChI=1S/C13H20O4/c14-13(9-4-2-1-3-5-9)17-11-8-16-10-6-7-15-12(10)11/h9-12H,1-8H2/t10-,11?,12?/m1/s1. The van der Waals surface area contributed by atoms with Crippen molar-refractivity contribution in [2.24, 2.45) is 5.92 Å². The number of hydrogen-bond donors (Lipinski definition) is 0. The number of fused-ring (bicyclic) bond motifs is 1. The van der Waals surface area contributed by atoms with Crippen LogP contribution in [-0.4, -0.2) is 37.5 Å². The molecule has 2 heterocycles. The van der Waals surface area contributed by atoms with Crippen molar-refractivity contribution in [3.8, 4) is 0 Å². The van der Waals surface area contributed by atoms with E-state index in [9.17, 15) is 4.79 Å². The fourth-order valence-corrected chi connectivity index (χ4v) is 3.11. The average Bonchev–Trinajstić information content (AvgIpc) is 2.95. The van der Waals surface area contributed by atoms with Crippen molar-refractivity contribution in [3.63, 3.8) is 0 Å². The van der Waals surface area contributed by atoms with Crippen LogP contribution >= 0.6 is 0 Å². The molecular formula is C13H20O4. The molecule has 0 spiro atoms. The van der Waals surface area contributed by atoms with E-state index >= 15 is 0 Å². The molecule has 17 heavy (non-hydrogen) atoms. The molecule has 3 aliphatic rings. The Bertz CT molecular complexity index is 285. The van der Waals surface area contributed by atoms with Crippen LogP contribution in [0.4, 0.5) is 0 Å². The minimum absolute atomic E-state index is 0.0115. The van der Waals surface area contributed by atoms with Gasteiger partial charge in [0.05, 0.1) is 18.6 Å². The minimum atomic E-state index is -0.170. The van der Waals surface area contributed by atoms with E-state index in [4.69, 9.17) is 14.2 Å². The Kier molecular flexibility index (Phi) is 3.34. The highest BCUT2D eigenvalue weighted by molar-refractivity contribution is 5.72. The van der Waals surface area contributed by atoms with Gasteiger partial charge in [-0.3, -0.25) is 4.79 Å². The second-order valence-electron chi connectivity index (χ2n) is 5.31. The fraction of sp³-hybridized carbons (Fsp3) is 0.923. The van der Waals surface area contributed by atoms with Gasteiger partial charge in [-0.1, -0.05) is 19.3 Å². The summed E-state index contributed by atoms with van der Waals surface area (Å²) >= 11 is 0. The lowest BCUT2D eigenvalue weighted by molar-refractivity contribution is -0.159. The number of esters is 1. The van der Waals surface area contributed by atoms with Gasteiger partial charge in [-0.25, -0.2) is 0 Å². The predicted molar refractivity (Wildman–Crippen MR) is 60.6 cm³/mol. The Morgan fingerprint density at radius 2 is 1.88 bits per heavy atom. The van der Waals surface area contributed by atoms with Crippen LogP contribution in [0.3, 0.4) is 0 Å². The third-order valence-electron chi connectivity index (χ3n) is 4.13. The zero-order valence-electron chi connectivity index (χ0n) is 10.1. The zero-order chi connectivity index (χ0) is 11.7. The summed E-state index contributed by atoms with van der Waals surface area (Å²) in [5, 5.41) is 0. The Balaban J connectivity index is 1.54. The monoisotopic (exact) mass is 240 g/mol. The third-order valence-corrected chi connectivity index (χ3v) is 4.13. The molecule has 0 amide bonds. The second kappa shape index (κ2) is 4.94. The smallest absolute Gasteiger partial charge is 0.309 e. The molecule has 3 rings (SSSR count). The lowest BCUT2D eigenvalue weighted by atomic mass is 9.89. The minimum Gasteiger partial charge on any atom is -0.457 e. The Labute approximate surface area is 102 Å². The molecule has 4 heteroatoms. The van der Waals surface area contributed by atoms with Crippen LogP contribution in [-0.2, 0) is 19.0 Å². The van der Waals surface area contributed by atoms with Crippen LogP contribution in [0.25, 0.3) is 0 Å². The van der Waals surface area contributed by atoms with Gasteiger partial charge in [-0.15, -0.1) is 0 Å². The fourth-order valence-electron chi connectivity index (χ4n) is 3.11. The van der Waals surface area contributed by atoms with Gasteiger partial charge in [0.1, 0.15) is 6.10 Å². The van der Waals surface area contributed by atoms with Crippen molar-refractivity contribution >= 4 is 5.97 Å². The van der Waals surface area contributed by atoms with E-state index in [-0.39, 0.29) is 30.2 Å². The third kappa shape index (κ3) is 2.33. The highest BCUT2D eigenvalue weighted by Gasteiger charge is 2.44. The Morgan fingerprint density at radius 3 is 2.71 bits per heavy atom. The maximum absolute atomic E-state index is 12.0. The Hall–Kier alpha value is -0.610. The number of ether oxygens (including phenoxy) is 3. The molecule has 0 radical (unpaired) electrons. The molecule has 1 aliphatic carbocycles. The second-order valence-corrected chi connectivity index (χ2v) is 5.31. The SMILES string of the molecule is O=C(OC1CO[C@@H]2CCOC12)C1CCCCC1. The molecule has 2 saturated heterocycles. The summed E-state index contributed by atoms with van der Waals surface area (Å²) in [6.45, 7) is 1.24. The van der Waals surface area contributed by atoms with Crippen LogP contribution in [0.5, 0.6) is 0 Å². The quantitative estimate of drug-likeness (QED) is 0.689. The van der Waals surface area contributed by atoms with Crippen LogP contribution in [0.1, 0.15) is 38.5 Å². The van der Waals surface area contributed by atoms with Crippen LogP contribution in [0, 0.1) is 5.92 Å². The molecule has 3 atom stereocenters. The molecule has 1 saturated carbocycles. The summed E-state index contributed by atoms with van der Waals surface area (Å²) < 4.78 is 16.7. The van der Waals surface area contributed by atoms with Gasteiger partial charge in [-0.05, 0) is 19.3 Å². The van der Waals surface area contributed by atoms with E-state index < -0.39 is 0 Å². The number of rotatable bonds is 2. The molecule has 2 unspecified atom stereocenters. The maximum Gasteiger partial charge on any atom is 0.309 e. The number of hydrogen-bond acceptors (Lipinski definition) is 4. The van der Waals surface area contributed by atoms with Crippen molar-refractivity contribution in [2.75, 3.05) is 13.2 Å². The molecule has 0 aromatic heterocycles. The topological polar surface area (TPSA) is 44.8 Å². The highest BCUT2D eigenvalue weighted by atomic mass is 16.6. The van der Waals surface area contributed by atoms with E-state index in [1.165, 1.54) is 6.42 Å². The van der Waals surface area contributed by atoms with E-state index in [2.05, 4.69) is 0 Å². The first kappa shape index (κ1) is 11.5. The summed E-state index contributed by atoms with van der Waals surface area (Å²) in [4.78, 5) is 12.0. The van der Waals surface area contributed by atoms with Crippen molar-refractivity contribution in [1.29, 1.82) is 0 Å². The Morgan fingerprint density at radius 1 is 1.06 bits per heavy atom. The van der Waals surface area contributed by atoms with Gasteiger partial charge in [0.15, 0.2) is 6.10 Å². The first-order chi connectivity index (χ1) is 8.34. The van der Waals surface area contributed by atoms with Crippen molar-refractivity contribution in [1.82, 2.24) is 0 Å². The largest absolute Gasteiger partial charge is 0.457 e. The summed E-state index contributed by atoms with van der Waals surface area (Å²) in [6.07, 6.45) is 6.45. The first-order valence-electron chi connectivity index (χ1n) is 6.78. The molecule has 0 aromatic rings. The molecule has 0 aromatic carbocycles. The molecule has 4 nitrogen and oxygen atoms in total. The van der Waals surface area contributed by atoms with Crippen molar-refractivity contribution < 1.29 is 19.0 Å². The summed E-state index contributed by atoms with van der Waals surface area (Å²) in [5.74, 6) is 0.0821. The summed E-state index contributed by atoms with van der Waals surface area (Å²) in [7, 11) is 0. The van der Waals surface area contributed by atoms with Crippen molar-refractivity contribution in [2.45, 2.75) is 56.8 Å². The molecule has 0 bridgehead atoms. The normalized spacial score (nSPS) is 38.0.